The molecule has 0 unspecified atom stereocenters. The fourth-order valence-electron chi connectivity index (χ4n) is 3.19. The SMILES string of the molecule is Cc1nc(N2CCN(c3ccc(N(C)C)nn3)CC2)c2ccncc2n1. The number of aryl methyl sites for hydroxylation is 1. The Balaban J connectivity index is 1.52. The highest BCUT2D eigenvalue weighted by Gasteiger charge is 2.21. The van der Waals surface area contributed by atoms with Crippen molar-refractivity contribution >= 4 is 28.4 Å². The van der Waals surface area contributed by atoms with Gasteiger partial charge in [0.2, 0.25) is 0 Å². The zero-order valence-corrected chi connectivity index (χ0v) is 15.3. The number of rotatable bonds is 3. The standard InChI is InChI=1S/C18H22N8/c1-13-20-15-12-19-7-6-14(15)18(21-13)26-10-8-25(9-11-26)17-5-4-16(22-23-17)24(2)3/h4-7,12H,8-11H2,1-3H3. The summed E-state index contributed by atoms with van der Waals surface area (Å²) >= 11 is 0. The molecule has 4 rings (SSSR count). The zero-order chi connectivity index (χ0) is 18.1. The zero-order valence-electron chi connectivity index (χ0n) is 15.3. The Bertz CT molecular complexity index is 901. The summed E-state index contributed by atoms with van der Waals surface area (Å²) in [6.45, 7) is 5.45. The molecule has 0 aliphatic carbocycles. The Hall–Kier alpha value is -3.03. The molecule has 0 saturated carbocycles. The van der Waals surface area contributed by atoms with Crippen LogP contribution in [0.4, 0.5) is 17.5 Å². The van der Waals surface area contributed by atoms with Gasteiger partial charge in [0, 0.05) is 51.9 Å². The third-order valence-corrected chi connectivity index (χ3v) is 4.59. The highest BCUT2D eigenvalue weighted by atomic mass is 15.3. The molecule has 0 N–H and O–H groups in total. The minimum Gasteiger partial charge on any atom is -0.361 e. The Kier molecular flexibility index (Phi) is 4.24. The maximum atomic E-state index is 4.69. The van der Waals surface area contributed by atoms with Gasteiger partial charge in [0.1, 0.15) is 11.6 Å². The molecule has 134 valence electrons. The third kappa shape index (κ3) is 3.10. The molecule has 1 saturated heterocycles. The van der Waals surface area contributed by atoms with E-state index in [2.05, 4.69) is 34.9 Å². The summed E-state index contributed by atoms with van der Waals surface area (Å²) in [5.74, 6) is 3.55. The van der Waals surface area contributed by atoms with Gasteiger partial charge in [0.15, 0.2) is 11.6 Å². The van der Waals surface area contributed by atoms with Gasteiger partial charge in [-0.15, -0.1) is 10.2 Å². The van der Waals surface area contributed by atoms with Gasteiger partial charge in [0.05, 0.1) is 11.7 Å². The van der Waals surface area contributed by atoms with Crippen LogP contribution in [0.1, 0.15) is 5.82 Å². The first-order valence-electron chi connectivity index (χ1n) is 8.71. The lowest BCUT2D eigenvalue weighted by molar-refractivity contribution is 0.638. The molecule has 0 amide bonds. The third-order valence-electron chi connectivity index (χ3n) is 4.59. The van der Waals surface area contributed by atoms with E-state index in [1.807, 2.05) is 44.1 Å². The van der Waals surface area contributed by atoms with Crippen molar-refractivity contribution in [3.05, 3.63) is 36.4 Å². The van der Waals surface area contributed by atoms with Gasteiger partial charge in [0.25, 0.3) is 0 Å². The van der Waals surface area contributed by atoms with Gasteiger partial charge in [-0.3, -0.25) is 4.98 Å². The topological polar surface area (TPSA) is 74.2 Å². The molecule has 1 fully saturated rings. The van der Waals surface area contributed by atoms with Crippen LogP contribution in [0.25, 0.3) is 10.9 Å². The number of anilines is 3. The van der Waals surface area contributed by atoms with Crippen molar-refractivity contribution in [2.45, 2.75) is 6.92 Å². The van der Waals surface area contributed by atoms with E-state index in [0.717, 1.165) is 60.4 Å². The molecule has 0 spiro atoms. The van der Waals surface area contributed by atoms with Gasteiger partial charge in [-0.05, 0) is 25.1 Å². The van der Waals surface area contributed by atoms with Crippen molar-refractivity contribution in [3.8, 4) is 0 Å². The number of fused-ring (bicyclic) bond motifs is 1. The van der Waals surface area contributed by atoms with E-state index in [-0.39, 0.29) is 0 Å². The number of pyridine rings is 1. The van der Waals surface area contributed by atoms with Crippen LogP contribution in [0, 0.1) is 6.92 Å². The maximum absolute atomic E-state index is 4.69. The summed E-state index contributed by atoms with van der Waals surface area (Å²) in [5, 5.41) is 9.69. The van der Waals surface area contributed by atoms with Crippen LogP contribution in [0.5, 0.6) is 0 Å². The monoisotopic (exact) mass is 350 g/mol. The molecule has 0 aromatic carbocycles. The van der Waals surface area contributed by atoms with Crippen LogP contribution in [0.2, 0.25) is 0 Å². The summed E-state index contributed by atoms with van der Waals surface area (Å²) in [5.41, 5.74) is 0.891. The molecule has 0 bridgehead atoms. The Morgan fingerprint density at radius 2 is 1.69 bits per heavy atom. The summed E-state index contributed by atoms with van der Waals surface area (Å²) < 4.78 is 0. The smallest absolute Gasteiger partial charge is 0.151 e. The molecule has 4 heterocycles. The summed E-state index contributed by atoms with van der Waals surface area (Å²) in [6.07, 6.45) is 3.59. The number of nitrogens with zero attached hydrogens (tertiary/aromatic N) is 8. The Morgan fingerprint density at radius 3 is 2.38 bits per heavy atom. The molecular weight excluding hydrogens is 328 g/mol. The van der Waals surface area contributed by atoms with Crippen molar-refractivity contribution in [1.29, 1.82) is 0 Å². The van der Waals surface area contributed by atoms with Crippen LogP contribution < -0.4 is 14.7 Å². The highest BCUT2D eigenvalue weighted by molar-refractivity contribution is 5.88. The fraction of sp³-hybridized carbons (Fsp3) is 0.389. The molecule has 26 heavy (non-hydrogen) atoms. The molecule has 0 atom stereocenters. The van der Waals surface area contributed by atoms with E-state index in [0.29, 0.717) is 0 Å². The average molecular weight is 350 g/mol. The van der Waals surface area contributed by atoms with Gasteiger partial charge >= 0.3 is 0 Å². The Labute approximate surface area is 152 Å². The van der Waals surface area contributed by atoms with Crippen molar-refractivity contribution in [3.63, 3.8) is 0 Å². The predicted molar refractivity (Wildman–Crippen MR) is 103 cm³/mol. The average Bonchev–Trinajstić information content (AvgIpc) is 2.67. The maximum Gasteiger partial charge on any atom is 0.151 e. The lowest BCUT2D eigenvalue weighted by atomic mass is 10.2. The largest absolute Gasteiger partial charge is 0.361 e. The summed E-state index contributed by atoms with van der Waals surface area (Å²) in [7, 11) is 3.93. The molecule has 0 radical (unpaired) electrons. The van der Waals surface area contributed by atoms with E-state index in [1.165, 1.54) is 0 Å². The van der Waals surface area contributed by atoms with Crippen LogP contribution in [0.3, 0.4) is 0 Å². The van der Waals surface area contributed by atoms with Crippen LogP contribution in [0.15, 0.2) is 30.6 Å². The van der Waals surface area contributed by atoms with Crippen LogP contribution in [-0.4, -0.2) is 65.4 Å². The van der Waals surface area contributed by atoms with E-state index >= 15 is 0 Å². The lowest BCUT2D eigenvalue weighted by Gasteiger charge is -2.36. The van der Waals surface area contributed by atoms with Crippen molar-refractivity contribution < 1.29 is 0 Å². The quantitative estimate of drug-likeness (QED) is 0.704. The minimum absolute atomic E-state index is 0.771. The van der Waals surface area contributed by atoms with Crippen molar-refractivity contribution in [1.82, 2.24) is 25.1 Å². The van der Waals surface area contributed by atoms with E-state index in [1.54, 1.807) is 12.4 Å². The van der Waals surface area contributed by atoms with Crippen LogP contribution >= 0.6 is 0 Å². The van der Waals surface area contributed by atoms with Crippen LogP contribution in [-0.2, 0) is 0 Å². The van der Waals surface area contributed by atoms with Gasteiger partial charge in [-0.1, -0.05) is 0 Å². The van der Waals surface area contributed by atoms with Gasteiger partial charge in [-0.25, -0.2) is 9.97 Å². The minimum atomic E-state index is 0.771. The molecule has 8 heteroatoms. The molecule has 1 aliphatic rings. The second kappa shape index (κ2) is 6.70. The molecule has 8 nitrogen and oxygen atoms in total. The number of hydrogen-bond donors (Lipinski definition) is 0. The second-order valence-corrected chi connectivity index (χ2v) is 6.61. The Morgan fingerprint density at radius 1 is 0.923 bits per heavy atom. The highest BCUT2D eigenvalue weighted by Crippen LogP contribution is 2.25. The molecule has 1 aliphatic heterocycles. The molecule has 3 aromatic rings. The second-order valence-electron chi connectivity index (χ2n) is 6.61. The number of hydrogen-bond acceptors (Lipinski definition) is 8. The first kappa shape index (κ1) is 16.4. The fourth-order valence-corrected chi connectivity index (χ4v) is 3.19. The summed E-state index contributed by atoms with van der Waals surface area (Å²) in [6, 6.07) is 6.03. The number of piperazine rings is 1. The van der Waals surface area contributed by atoms with Gasteiger partial charge in [-0.2, -0.15) is 0 Å². The van der Waals surface area contributed by atoms with Crippen molar-refractivity contribution in [2.75, 3.05) is 55.0 Å². The predicted octanol–water partition coefficient (Wildman–Crippen LogP) is 1.52. The normalized spacial score (nSPS) is 14.7. The first-order valence-corrected chi connectivity index (χ1v) is 8.71. The summed E-state index contributed by atoms with van der Waals surface area (Å²) in [4.78, 5) is 19.9. The molecular formula is C18H22N8. The first-order chi connectivity index (χ1) is 12.6. The van der Waals surface area contributed by atoms with E-state index in [9.17, 15) is 0 Å². The number of aromatic nitrogens is 5. The van der Waals surface area contributed by atoms with E-state index < -0.39 is 0 Å². The van der Waals surface area contributed by atoms with E-state index in [4.69, 9.17) is 0 Å². The van der Waals surface area contributed by atoms with Crippen molar-refractivity contribution in [2.24, 2.45) is 0 Å². The molecule has 3 aromatic heterocycles. The lowest BCUT2D eigenvalue weighted by Crippen LogP contribution is -2.47. The van der Waals surface area contributed by atoms with Gasteiger partial charge < -0.3 is 14.7 Å².